The Bertz CT molecular complexity index is 1280. The van der Waals surface area contributed by atoms with Crippen LogP contribution < -0.4 is 0 Å². The monoisotopic (exact) mass is 470 g/mol. The van der Waals surface area contributed by atoms with Crippen molar-refractivity contribution in [3.05, 3.63) is 107 Å². The van der Waals surface area contributed by atoms with Crippen molar-refractivity contribution in [2.24, 2.45) is 0 Å². The number of para-hydroxylation sites is 1. The van der Waals surface area contributed by atoms with Gasteiger partial charge in [0.1, 0.15) is 5.69 Å². The quantitative estimate of drug-likeness (QED) is 0.389. The Morgan fingerprint density at radius 3 is 2.15 bits per heavy atom. The lowest BCUT2D eigenvalue weighted by Crippen LogP contribution is -2.48. The van der Waals surface area contributed by atoms with E-state index in [1.54, 1.807) is 0 Å². The first kappa shape index (κ1) is 22.4. The van der Waals surface area contributed by atoms with E-state index in [1.807, 2.05) is 95.4 Å². The molecule has 5 nitrogen and oxygen atoms in total. The summed E-state index contributed by atoms with van der Waals surface area (Å²) >= 11 is 6.35. The molecule has 1 saturated heterocycles. The van der Waals surface area contributed by atoms with Gasteiger partial charge in [-0.1, -0.05) is 78.3 Å². The van der Waals surface area contributed by atoms with Crippen molar-refractivity contribution in [3.63, 3.8) is 0 Å². The summed E-state index contributed by atoms with van der Waals surface area (Å²) in [5.74, 6) is 0.0379. The van der Waals surface area contributed by atoms with Gasteiger partial charge in [0.05, 0.1) is 16.9 Å². The van der Waals surface area contributed by atoms with E-state index in [-0.39, 0.29) is 5.91 Å². The van der Waals surface area contributed by atoms with E-state index in [0.29, 0.717) is 18.7 Å². The highest BCUT2D eigenvalue weighted by molar-refractivity contribution is 6.31. The highest BCUT2D eigenvalue weighted by atomic mass is 35.5. The topological polar surface area (TPSA) is 41.4 Å². The van der Waals surface area contributed by atoms with Crippen LogP contribution in [0.3, 0.4) is 0 Å². The predicted octanol–water partition coefficient (Wildman–Crippen LogP) is 5.46. The summed E-state index contributed by atoms with van der Waals surface area (Å²) in [4.78, 5) is 18.1. The van der Waals surface area contributed by atoms with E-state index in [9.17, 15) is 4.79 Å². The average Bonchev–Trinajstić information content (AvgIpc) is 3.23. The second-order valence-electron chi connectivity index (χ2n) is 8.58. The highest BCUT2D eigenvalue weighted by Gasteiger charge is 2.29. The Morgan fingerprint density at radius 1 is 0.853 bits per heavy atom. The third-order valence-electron chi connectivity index (χ3n) is 6.39. The number of amides is 1. The molecule has 1 aromatic heterocycles. The van der Waals surface area contributed by atoms with Crippen molar-refractivity contribution in [3.8, 4) is 16.9 Å². The molecule has 3 aromatic carbocycles. The van der Waals surface area contributed by atoms with Crippen molar-refractivity contribution in [1.29, 1.82) is 0 Å². The molecule has 0 N–H and O–H groups in total. The number of hydrogen-bond acceptors (Lipinski definition) is 3. The van der Waals surface area contributed by atoms with E-state index in [0.717, 1.165) is 52.9 Å². The molecule has 6 heteroatoms. The van der Waals surface area contributed by atoms with E-state index in [1.165, 1.54) is 0 Å². The van der Waals surface area contributed by atoms with Crippen LogP contribution in [0.25, 0.3) is 16.9 Å². The molecule has 172 valence electrons. The minimum absolute atomic E-state index is 0.0379. The molecule has 1 fully saturated rings. The highest BCUT2D eigenvalue weighted by Crippen LogP contribution is 2.29. The standard InChI is InChI=1S/C28H27ClN4O/c1-21-26(27(22-10-4-2-5-11-22)30-33(21)24-13-6-3-7-14-24)28(34)32-18-16-31(17-19-32)20-23-12-8-9-15-25(23)29/h2-15H,16-20H2,1H3. The van der Waals surface area contributed by atoms with Crippen molar-refractivity contribution >= 4 is 17.5 Å². The van der Waals surface area contributed by atoms with Crippen molar-refractivity contribution < 1.29 is 4.79 Å². The SMILES string of the molecule is Cc1c(C(=O)N2CCN(Cc3ccccc3Cl)CC2)c(-c2ccccc2)nn1-c1ccccc1. The molecule has 0 spiro atoms. The Labute approximate surface area is 205 Å². The molecule has 1 amide bonds. The van der Waals surface area contributed by atoms with E-state index in [4.69, 9.17) is 16.7 Å². The van der Waals surface area contributed by atoms with Crippen molar-refractivity contribution in [2.75, 3.05) is 26.2 Å². The normalized spacial score (nSPS) is 14.4. The summed E-state index contributed by atoms with van der Waals surface area (Å²) in [7, 11) is 0. The number of rotatable bonds is 5. The van der Waals surface area contributed by atoms with Gasteiger partial charge in [-0.2, -0.15) is 5.10 Å². The molecule has 0 unspecified atom stereocenters. The summed E-state index contributed by atoms with van der Waals surface area (Å²) < 4.78 is 1.88. The number of carbonyl (C=O) groups is 1. The minimum atomic E-state index is 0.0379. The molecule has 1 aliphatic heterocycles. The molecule has 1 aliphatic rings. The summed E-state index contributed by atoms with van der Waals surface area (Å²) in [6.45, 7) is 5.74. The number of nitrogens with zero attached hydrogens (tertiary/aromatic N) is 4. The molecule has 34 heavy (non-hydrogen) atoms. The fourth-order valence-corrected chi connectivity index (χ4v) is 4.71. The molecular weight excluding hydrogens is 444 g/mol. The maximum atomic E-state index is 13.8. The zero-order valence-electron chi connectivity index (χ0n) is 19.2. The molecule has 0 saturated carbocycles. The molecule has 5 rings (SSSR count). The molecule has 0 atom stereocenters. The van der Waals surface area contributed by atoms with Gasteiger partial charge in [0.2, 0.25) is 0 Å². The van der Waals surface area contributed by atoms with Crippen LogP contribution >= 0.6 is 11.6 Å². The molecule has 4 aromatic rings. The van der Waals surface area contributed by atoms with Crippen LogP contribution in [0.4, 0.5) is 0 Å². The van der Waals surface area contributed by atoms with Crippen LogP contribution in [0.2, 0.25) is 5.02 Å². The third kappa shape index (κ3) is 4.49. The van der Waals surface area contributed by atoms with E-state index < -0.39 is 0 Å². The van der Waals surface area contributed by atoms with Crippen LogP contribution in [0.1, 0.15) is 21.6 Å². The average molecular weight is 471 g/mol. The van der Waals surface area contributed by atoms with Gasteiger partial charge in [-0.3, -0.25) is 9.69 Å². The Balaban J connectivity index is 1.40. The maximum Gasteiger partial charge on any atom is 0.258 e. The van der Waals surface area contributed by atoms with Crippen LogP contribution in [-0.2, 0) is 6.54 Å². The minimum Gasteiger partial charge on any atom is -0.336 e. The fraction of sp³-hybridized carbons (Fsp3) is 0.214. The van der Waals surface area contributed by atoms with Gasteiger partial charge in [0.15, 0.2) is 0 Å². The summed E-state index contributed by atoms with van der Waals surface area (Å²) in [6.07, 6.45) is 0. The second-order valence-corrected chi connectivity index (χ2v) is 8.99. The molecule has 0 aliphatic carbocycles. The van der Waals surface area contributed by atoms with Gasteiger partial charge in [0.25, 0.3) is 5.91 Å². The number of carbonyl (C=O) groups excluding carboxylic acids is 1. The smallest absolute Gasteiger partial charge is 0.258 e. The summed E-state index contributed by atoms with van der Waals surface area (Å²) in [5.41, 5.74) is 5.27. The van der Waals surface area contributed by atoms with Crippen LogP contribution in [-0.4, -0.2) is 51.7 Å². The van der Waals surface area contributed by atoms with Gasteiger partial charge in [0, 0.05) is 43.3 Å². The Morgan fingerprint density at radius 2 is 1.47 bits per heavy atom. The van der Waals surface area contributed by atoms with E-state index >= 15 is 0 Å². The Hall–Kier alpha value is -3.41. The first-order valence-electron chi connectivity index (χ1n) is 11.6. The van der Waals surface area contributed by atoms with E-state index in [2.05, 4.69) is 11.0 Å². The molecule has 0 bridgehead atoms. The molecule has 0 radical (unpaired) electrons. The number of benzene rings is 3. The first-order chi connectivity index (χ1) is 16.6. The van der Waals surface area contributed by atoms with Gasteiger partial charge in [-0.25, -0.2) is 4.68 Å². The first-order valence-corrected chi connectivity index (χ1v) is 11.9. The van der Waals surface area contributed by atoms with Gasteiger partial charge >= 0.3 is 0 Å². The number of piperazine rings is 1. The van der Waals surface area contributed by atoms with Gasteiger partial charge in [-0.15, -0.1) is 0 Å². The third-order valence-corrected chi connectivity index (χ3v) is 6.76. The lowest BCUT2D eigenvalue weighted by Gasteiger charge is -2.35. The number of aromatic nitrogens is 2. The number of halogens is 1. The fourth-order valence-electron chi connectivity index (χ4n) is 4.51. The van der Waals surface area contributed by atoms with Crippen molar-refractivity contribution in [1.82, 2.24) is 19.6 Å². The Kier molecular flexibility index (Phi) is 6.48. The lowest BCUT2D eigenvalue weighted by atomic mass is 10.0. The summed E-state index contributed by atoms with van der Waals surface area (Å²) in [6, 6.07) is 27.9. The largest absolute Gasteiger partial charge is 0.336 e. The predicted molar refractivity (Wildman–Crippen MR) is 136 cm³/mol. The molecule has 2 heterocycles. The van der Waals surface area contributed by atoms with Crippen LogP contribution in [0.5, 0.6) is 0 Å². The van der Waals surface area contributed by atoms with Crippen LogP contribution in [0.15, 0.2) is 84.9 Å². The van der Waals surface area contributed by atoms with Crippen LogP contribution in [0, 0.1) is 6.92 Å². The maximum absolute atomic E-state index is 13.8. The zero-order valence-corrected chi connectivity index (χ0v) is 19.9. The lowest BCUT2D eigenvalue weighted by molar-refractivity contribution is 0.0628. The van der Waals surface area contributed by atoms with Gasteiger partial charge in [-0.05, 0) is 30.7 Å². The summed E-state index contributed by atoms with van der Waals surface area (Å²) in [5, 5.41) is 5.68. The zero-order chi connectivity index (χ0) is 23.5. The number of hydrogen-bond donors (Lipinski definition) is 0. The van der Waals surface area contributed by atoms with Gasteiger partial charge < -0.3 is 4.90 Å². The molecular formula is C28H27ClN4O. The second kappa shape index (κ2) is 9.84. The van der Waals surface area contributed by atoms with Crippen molar-refractivity contribution in [2.45, 2.75) is 13.5 Å².